The SMILES string of the molecule is CCOc1ccc(C(=O)Nc2ccc3c(c2)C(C)N(C)CC3)cc1Br.Cl. The number of nitrogens with one attached hydrogen (secondary N) is 1. The number of likely N-dealkylation sites (N-methyl/N-ethyl adjacent to an activating group) is 1. The van der Waals surface area contributed by atoms with Crippen molar-refractivity contribution in [2.75, 3.05) is 25.5 Å². The van der Waals surface area contributed by atoms with Crippen LogP contribution in [-0.2, 0) is 6.42 Å². The van der Waals surface area contributed by atoms with Gasteiger partial charge in [0.15, 0.2) is 0 Å². The number of hydrogen-bond donors (Lipinski definition) is 1. The zero-order valence-corrected chi connectivity index (χ0v) is 17.6. The third-order valence-corrected chi connectivity index (χ3v) is 5.36. The molecule has 2 aromatic carbocycles. The van der Waals surface area contributed by atoms with Gasteiger partial charge in [-0.15, -0.1) is 12.4 Å². The molecule has 1 amide bonds. The molecule has 1 atom stereocenters. The Morgan fingerprint density at radius 2 is 2.08 bits per heavy atom. The molecule has 2 aromatic rings. The van der Waals surface area contributed by atoms with E-state index in [0.29, 0.717) is 18.2 Å². The van der Waals surface area contributed by atoms with Crippen molar-refractivity contribution >= 4 is 39.9 Å². The minimum absolute atomic E-state index is 0. The average Bonchev–Trinajstić information content (AvgIpc) is 2.60. The first-order valence-corrected chi connectivity index (χ1v) is 9.35. The Morgan fingerprint density at radius 3 is 2.77 bits per heavy atom. The van der Waals surface area contributed by atoms with Crippen LogP contribution < -0.4 is 10.1 Å². The highest BCUT2D eigenvalue weighted by Gasteiger charge is 2.21. The smallest absolute Gasteiger partial charge is 0.255 e. The molecule has 0 saturated carbocycles. The number of carbonyl (C=O) groups excluding carboxylic acids is 1. The Bertz CT molecular complexity index is 797. The number of halogens is 2. The molecule has 6 heteroatoms. The fourth-order valence-electron chi connectivity index (χ4n) is 3.14. The number of amides is 1. The van der Waals surface area contributed by atoms with E-state index in [2.05, 4.69) is 52.3 Å². The summed E-state index contributed by atoms with van der Waals surface area (Å²) in [5, 5.41) is 3.00. The van der Waals surface area contributed by atoms with Crippen molar-refractivity contribution in [1.82, 2.24) is 4.90 Å². The van der Waals surface area contributed by atoms with Crippen molar-refractivity contribution in [3.8, 4) is 5.75 Å². The molecule has 0 aliphatic carbocycles. The van der Waals surface area contributed by atoms with Gasteiger partial charge in [0, 0.05) is 23.8 Å². The van der Waals surface area contributed by atoms with Crippen LogP contribution in [0.2, 0.25) is 0 Å². The molecule has 0 fully saturated rings. The lowest BCUT2D eigenvalue weighted by atomic mass is 9.93. The van der Waals surface area contributed by atoms with Gasteiger partial charge in [0.05, 0.1) is 11.1 Å². The van der Waals surface area contributed by atoms with Gasteiger partial charge in [-0.1, -0.05) is 6.07 Å². The van der Waals surface area contributed by atoms with Gasteiger partial charge in [0.1, 0.15) is 5.75 Å². The van der Waals surface area contributed by atoms with Crippen LogP contribution in [0.5, 0.6) is 5.75 Å². The quantitative estimate of drug-likeness (QED) is 0.723. The van der Waals surface area contributed by atoms with Gasteiger partial charge >= 0.3 is 0 Å². The van der Waals surface area contributed by atoms with E-state index >= 15 is 0 Å². The molecule has 140 valence electrons. The molecule has 1 aliphatic heterocycles. The van der Waals surface area contributed by atoms with Gasteiger partial charge in [-0.3, -0.25) is 9.69 Å². The maximum Gasteiger partial charge on any atom is 0.255 e. The van der Waals surface area contributed by atoms with Crippen molar-refractivity contribution in [2.45, 2.75) is 26.3 Å². The van der Waals surface area contributed by atoms with Crippen LogP contribution in [0.3, 0.4) is 0 Å². The fourth-order valence-corrected chi connectivity index (χ4v) is 3.63. The third-order valence-electron chi connectivity index (χ3n) is 4.74. The van der Waals surface area contributed by atoms with E-state index in [-0.39, 0.29) is 18.3 Å². The van der Waals surface area contributed by atoms with Crippen molar-refractivity contribution in [2.24, 2.45) is 0 Å². The number of fused-ring (bicyclic) bond motifs is 1. The fraction of sp³-hybridized carbons (Fsp3) is 0.350. The van der Waals surface area contributed by atoms with Crippen LogP contribution >= 0.6 is 28.3 Å². The summed E-state index contributed by atoms with van der Waals surface area (Å²) in [6, 6.07) is 11.9. The second-order valence-corrected chi connectivity index (χ2v) is 7.21. The van der Waals surface area contributed by atoms with Crippen molar-refractivity contribution < 1.29 is 9.53 Å². The van der Waals surface area contributed by atoms with Crippen molar-refractivity contribution in [1.29, 1.82) is 0 Å². The second-order valence-electron chi connectivity index (χ2n) is 6.35. The van der Waals surface area contributed by atoms with Crippen LogP contribution in [0.1, 0.15) is 41.4 Å². The number of benzene rings is 2. The van der Waals surface area contributed by atoms with E-state index < -0.39 is 0 Å². The van der Waals surface area contributed by atoms with Gasteiger partial charge in [0.2, 0.25) is 0 Å². The molecule has 1 heterocycles. The summed E-state index contributed by atoms with van der Waals surface area (Å²) in [6.45, 7) is 5.79. The summed E-state index contributed by atoms with van der Waals surface area (Å²) in [4.78, 5) is 14.9. The topological polar surface area (TPSA) is 41.6 Å². The maximum absolute atomic E-state index is 12.6. The molecule has 3 rings (SSSR count). The first-order valence-electron chi connectivity index (χ1n) is 8.56. The number of rotatable bonds is 4. The van der Waals surface area contributed by atoms with Gasteiger partial charge in [-0.2, -0.15) is 0 Å². The van der Waals surface area contributed by atoms with E-state index in [4.69, 9.17) is 4.74 Å². The van der Waals surface area contributed by atoms with Crippen LogP contribution in [0, 0.1) is 0 Å². The van der Waals surface area contributed by atoms with Gasteiger partial charge < -0.3 is 10.1 Å². The van der Waals surface area contributed by atoms with Crippen LogP contribution in [0.15, 0.2) is 40.9 Å². The summed E-state index contributed by atoms with van der Waals surface area (Å²) in [7, 11) is 2.14. The summed E-state index contributed by atoms with van der Waals surface area (Å²) < 4.78 is 6.27. The monoisotopic (exact) mass is 438 g/mol. The Kier molecular flexibility index (Phi) is 7.09. The van der Waals surface area contributed by atoms with Crippen molar-refractivity contribution in [3.63, 3.8) is 0 Å². The zero-order chi connectivity index (χ0) is 18.0. The van der Waals surface area contributed by atoms with Gasteiger partial charge in [0.25, 0.3) is 5.91 Å². The molecular weight excluding hydrogens is 416 g/mol. The largest absolute Gasteiger partial charge is 0.493 e. The maximum atomic E-state index is 12.6. The molecule has 0 radical (unpaired) electrons. The Hall–Kier alpha value is -1.56. The van der Waals surface area contributed by atoms with E-state index in [1.165, 1.54) is 11.1 Å². The third kappa shape index (κ3) is 4.40. The van der Waals surface area contributed by atoms with Crippen LogP contribution in [0.4, 0.5) is 5.69 Å². The Balaban J connectivity index is 0.00000243. The minimum atomic E-state index is -0.125. The lowest BCUT2D eigenvalue weighted by molar-refractivity contribution is 0.102. The molecule has 4 nitrogen and oxygen atoms in total. The predicted molar refractivity (Wildman–Crippen MR) is 112 cm³/mol. The van der Waals surface area contributed by atoms with Crippen molar-refractivity contribution in [3.05, 3.63) is 57.6 Å². The first-order chi connectivity index (χ1) is 12.0. The molecule has 1 unspecified atom stereocenters. The molecule has 1 N–H and O–H groups in total. The number of nitrogens with zero attached hydrogens (tertiary/aromatic N) is 1. The lowest BCUT2D eigenvalue weighted by Gasteiger charge is -2.32. The van der Waals surface area contributed by atoms with E-state index in [1.54, 1.807) is 12.1 Å². The standard InChI is InChI=1S/C20H23BrN2O2.ClH/c1-4-25-19-8-6-15(11-18(19)21)20(24)22-16-7-5-14-9-10-23(3)13(2)17(14)12-16;/h5-8,11-13H,4,9-10H2,1-3H3,(H,22,24);1H. The second kappa shape index (κ2) is 8.89. The molecule has 0 saturated heterocycles. The van der Waals surface area contributed by atoms with E-state index in [0.717, 1.165) is 28.9 Å². The highest BCUT2D eigenvalue weighted by atomic mass is 79.9. The van der Waals surface area contributed by atoms with E-state index in [1.807, 2.05) is 19.1 Å². The van der Waals surface area contributed by atoms with Gasteiger partial charge in [-0.05, 0) is 84.7 Å². The normalized spacial score (nSPS) is 16.4. The predicted octanol–water partition coefficient (Wildman–Crippen LogP) is 5.07. The number of carbonyl (C=O) groups is 1. The summed E-state index contributed by atoms with van der Waals surface area (Å²) in [5.74, 6) is 0.616. The number of anilines is 1. The zero-order valence-electron chi connectivity index (χ0n) is 15.2. The summed E-state index contributed by atoms with van der Waals surface area (Å²) in [5.41, 5.74) is 4.08. The van der Waals surface area contributed by atoms with Crippen LogP contribution in [0.25, 0.3) is 0 Å². The number of hydrogen-bond acceptors (Lipinski definition) is 3. The van der Waals surface area contributed by atoms with Crippen LogP contribution in [-0.4, -0.2) is 31.0 Å². The summed E-state index contributed by atoms with van der Waals surface area (Å²) >= 11 is 3.46. The average molecular weight is 440 g/mol. The lowest BCUT2D eigenvalue weighted by Crippen LogP contribution is -2.30. The Labute approximate surface area is 169 Å². The highest BCUT2D eigenvalue weighted by molar-refractivity contribution is 9.10. The van der Waals surface area contributed by atoms with E-state index in [9.17, 15) is 4.79 Å². The molecule has 0 bridgehead atoms. The molecule has 1 aliphatic rings. The molecule has 26 heavy (non-hydrogen) atoms. The first kappa shape index (κ1) is 20.7. The molecule has 0 spiro atoms. The Morgan fingerprint density at radius 1 is 1.31 bits per heavy atom. The number of ether oxygens (including phenoxy) is 1. The minimum Gasteiger partial charge on any atom is -0.493 e. The summed E-state index contributed by atoms with van der Waals surface area (Å²) in [6.07, 6.45) is 1.05. The molecule has 0 aromatic heterocycles. The molecular formula is C20H24BrClN2O2. The van der Waals surface area contributed by atoms with Gasteiger partial charge in [-0.25, -0.2) is 0 Å². The highest BCUT2D eigenvalue weighted by Crippen LogP contribution is 2.31.